The number of para-hydroxylation sites is 1. The first-order valence-electron chi connectivity index (χ1n) is 5.18. The number of rotatable bonds is 2. The summed E-state index contributed by atoms with van der Waals surface area (Å²) in [6.07, 6.45) is 0.134. The Morgan fingerprint density at radius 1 is 1.53 bits per heavy atom. The summed E-state index contributed by atoms with van der Waals surface area (Å²) in [6, 6.07) is 6.15. The number of hydrogen-bond donors (Lipinski definition) is 0. The molecular formula is C12H17NO2. The van der Waals surface area contributed by atoms with Gasteiger partial charge in [-0.3, -0.25) is 0 Å². The zero-order valence-corrected chi connectivity index (χ0v) is 9.49. The van der Waals surface area contributed by atoms with Crippen LogP contribution in [0.3, 0.4) is 0 Å². The van der Waals surface area contributed by atoms with Crippen molar-refractivity contribution in [3.63, 3.8) is 0 Å². The van der Waals surface area contributed by atoms with E-state index >= 15 is 0 Å². The fourth-order valence-corrected chi connectivity index (χ4v) is 2.10. The Balaban J connectivity index is 2.28. The van der Waals surface area contributed by atoms with Crippen LogP contribution in [0.4, 0.5) is 5.69 Å². The van der Waals surface area contributed by atoms with Crippen molar-refractivity contribution in [2.24, 2.45) is 0 Å². The smallest absolute Gasteiger partial charge is 0.143 e. The Labute approximate surface area is 90.6 Å². The van der Waals surface area contributed by atoms with E-state index in [-0.39, 0.29) is 6.10 Å². The van der Waals surface area contributed by atoms with Crippen LogP contribution in [0, 0.1) is 6.92 Å². The Bertz CT molecular complexity index is 351. The maximum Gasteiger partial charge on any atom is 0.143 e. The van der Waals surface area contributed by atoms with Gasteiger partial charge in [0.25, 0.3) is 0 Å². The highest BCUT2D eigenvalue weighted by molar-refractivity contribution is 5.64. The normalized spacial score (nSPS) is 19.7. The maximum absolute atomic E-state index is 5.86. The molecule has 15 heavy (non-hydrogen) atoms. The molecule has 0 fully saturated rings. The molecule has 1 aromatic rings. The van der Waals surface area contributed by atoms with Crippen molar-refractivity contribution in [3.8, 4) is 5.75 Å². The van der Waals surface area contributed by atoms with Crippen LogP contribution in [0.5, 0.6) is 5.75 Å². The van der Waals surface area contributed by atoms with Crippen molar-refractivity contribution >= 4 is 5.69 Å². The molecule has 0 bridgehead atoms. The van der Waals surface area contributed by atoms with Crippen LogP contribution in [0.2, 0.25) is 0 Å². The molecule has 0 unspecified atom stereocenters. The molecule has 0 aromatic heterocycles. The van der Waals surface area contributed by atoms with Crippen molar-refractivity contribution in [3.05, 3.63) is 23.8 Å². The average molecular weight is 207 g/mol. The van der Waals surface area contributed by atoms with Crippen LogP contribution in [-0.2, 0) is 4.74 Å². The lowest BCUT2D eigenvalue weighted by Gasteiger charge is -2.34. The van der Waals surface area contributed by atoms with Crippen LogP contribution in [-0.4, -0.2) is 33.4 Å². The Hall–Kier alpha value is -1.22. The van der Waals surface area contributed by atoms with Crippen molar-refractivity contribution < 1.29 is 9.47 Å². The topological polar surface area (TPSA) is 21.7 Å². The summed E-state index contributed by atoms with van der Waals surface area (Å²) in [4.78, 5) is 2.23. The molecule has 82 valence electrons. The fourth-order valence-electron chi connectivity index (χ4n) is 2.10. The molecule has 1 aliphatic rings. The first-order chi connectivity index (χ1) is 7.22. The lowest BCUT2D eigenvalue weighted by Crippen LogP contribution is -2.40. The van der Waals surface area contributed by atoms with Gasteiger partial charge in [0.2, 0.25) is 0 Å². The van der Waals surface area contributed by atoms with Crippen molar-refractivity contribution in [2.75, 3.05) is 32.2 Å². The van der Waals surface area contributed by atoms with Crippen molar-refractivity contribution in [2.45, 2.75) is 13.0 Å². The number of nitrogens with zero attached hydrogens (tertiary/aromatic N) is 1. The molecule has 0 spiro atoms. The average Bonchev–Trinajstić information content (AvgIpc) is 2.17. The summed E-state index contributed by atoms with van der Waals surface area (Å²) >= 11 is 0. The summed E-state index contributed by atoms with van der Waals surface area (Å²) in [5.41, 5.74) is 2.45. The number of fused-ring (bicyclic) bond motifs is 1. The van der Waals surface area contributed by atoms with E-state index < -0.39 is 0 Å². The molecule has 1 atom stereocenters. The molecule has 0 saturated carbocycles. The highest BCUT2D eigenvalue weighted by Crippen LogP contribution is 2.35. The maximum atomic E-state index is 5.86. The van der Waals surface area contributed by atoms with Gasteiger partial charge in [0.15, 0.2) is 0 Å². The Morgan fingerprint density at radius 2 is 2.33 bits per heavy atom. The van der Waals surface area contributed by atoms with E-state index in [9.17, 15) is 0 Å². The molecule has 0 aliphatic carbocycles. The molecule has 1 heterocycles. The molecule has 0 N–H and O–H groups in total. The Morgan fingerprint density at radius 3 is 3.07 bits per heavy atom. The molecule has 0 radical (unpaired) electrons. The summed E-state index contributed by atoms with van der Waals surface area (Å²) in [7, 11) is 3.80. The number of benzene rings is 1. The lowest BCUT2D eigenvalue weighted by molar-refractivity contribution is 0.0800. The van der Waals surface area contributed by atoms with Crippen LogP contribution in [0.15, 0.2) is 18.2 Å². The van der Waals surface area contributed by atoms with E-state index in [1.165, 1.54) is 11.3 Å². The second kappa shape index (κ2) is 4.11. The molecule has 3 nitrogen and oxygen atoms in total. The van der Waals surface area contributed by atoms with Crippen molar-refractivity contribution in [1.29, 1.82) is 0 Å². The molecule has 3 heteroatoms. The highest BCUT2D eigenvalue weighted by Gasteiger charge is 2.24. The zero-order chi connectivity index (χ0) is 10.8. The van der Waals surface area contributed by atoms with Crippen LogP contribution in [0.25, 0.3) is 0 Å². The number of anilines is 1. The number of methoxy groups -OCH3 is 1. The monoisotopic (exact) mass is 207 g/mol. The van der Waals surface area contributed by atoms with Gasteiger partial charge in [0, 0.05) is 14.2 Å². The molecular weight excluding hydrogens is 190 g/mol. The minimum absolute atomic E-state index is 0.134. The molecule has 0 amide bonds. The predicted molar refractivity (Wildman–Crippen MR) is 60.7 cm³/mol. The Kier molecular flexibility index (Phi) is 2.82. The quantitative estimate of drug-likeness (QED) is 0.738. The number of aryl methyl sites for hydroxylation is 1. The molecule has 1 aromatic carbocycles. The van der Waals surface area contributed by atoms with E-state index in [4.69, 9.17) is 9.47 Å². The summed E-state index contributed by atoms with van der Waals surface area (Å²) < 4.78 is 11.0. The number of ether oxygens (including phenoxy) is 2. The standard InChI is InChI=1S/C12H17NO2/c1-9-5-4-6-11-12(9)13(2)7-10(15-11)8-14-3/h4-6,10H,7-8H2,1-3H3/t10-/m1/s1. The van der Waals surface area contributed by atoms with Gasteiger partial charge >= 0.3 is 0 Å². The minimum atomic E-state index is 0.134. The highest BCUT2D eigenvalue weighted by atomic mass is 16.5. The third-order valence-corrected chi connectivity index (χ3v) is 2.71. The SMILES string of the molecule is COC[C@H]1CN(C)c2c(C)cccc2O1. The van der Waals surface area contributed by atoms with Gasteiger partial charge < -0.3 is 14.4 Å². The third kappa shape index (κ3) is 1.92. The largest absolute Gasteiger partial charge is 0.484 e. The van der Waals surface area contributed by atoms with Crippen LogP contribution in [0.1, 0.15) is 5.56 Å². The van der Waals surface area contributed by atoms with Gasteiger partial charge in [-0.1, -0.05) is 12.1 Å². The molecule has 1 aliphatic heterocycles. The molecule has 0 saturated heterocycles. The lowest BCUT2D eigenvalue weighted by atomic mass is 10.1. The van der Waals surface area contributed by atoms with E-state index in [1.54, 1.807) is 7.11 Å². The zero-order valence-electron chi connectivity index (χ0n) is 9.49. The van der Waals surface area contributed by atoms with Gasteiger partial charge in [-0.05, 0) is 18.6 Å². The second-order valence-electron chi connectivity index (χ2n) is 4.00. The van der Waals surface area contributed by atoms with E-state index in [1.807, 2.05) is 12.1 Å². The van der Waals surface area contributed by atoms with Gasteiger partial charge in [0.05, 0.1) is 18.8 Å². The van der Waals surface area contributed by atoms with Gasteiger partial charge in [-0.25, -0.2) is 0 Å². The van der Waals surface area contributed by atoms with E-state index in [0.717, 1.165) is 12.3 Å². The number of likely N-dealkylation sites (N-methyl/N-ethyl adjacent to an activating group) is 1. The first kappa shape index (κ1) is 10.3. The van der Waals surface area contributed by atoms with E-state index in [0.29, 0.717) is 6.61 Å². The van der Waals surface area contributed by atoms with Crippen molar-refractivity contribution in [1.82, 2.24) is 0 Å². The van der Waals surface area contributed by atoms with Crippen LogP contribution >= 0.6 is 0 Å². The molecule has 2 rings (SSSR count). The second-order valence-corrected chi connectivity index (χ2v) is 4.00. The van der Waals surface area contributed by atoms with E-state index in [2.05, 4.69) is 24.9 Å². The number of hydrogen-bond acceptors (Lipinski definition) is 3. The third-order valence-electron chi connectivity index (χ3n) is 2.71. The van der Waals surface area contributed by atoms with Gasteiger partial charge in [-0.15, -0.1) is 0 Å². The first-order valence-corrected chi connectivity index (χ1v) is 5.18. The minimum Gasteiger partial charge on any atom is -0.484 e. The summed E-state index contributed by atoms with van der Waals surface area (Å²) in [5.74, 6) is 0.964. The fraction of sp³-hybridized carbons (Fsp3) is 0.500. The summed E-state index contributed by atoms with van der Waals surface area (Å²) in [5, 5.41) is 0. The van der Waals surface area contributed by atoms with Gasteiger partial charge in [-0.2, -0.15) is 0 Å². The predicted octanol–water partition coefficient (Wildman–Crippen LogP) is 1.84. The van der Waals surface area contributed by atoms with Gasteiger partial charge in [0.1, 0.15) is 11.9 Å². The van der Waals surface area contributed by atoms with Crippen LogP contribution < -0.4 is 9.64 Å². The summed E-state index contributed by atoms with van der Waals surface area (Å²) in [6.45, 7) is 3.62.